The Morgan fingerprint density at radius 2 is 1.71 bits per heavy atom. The maximum Gasteiger partial charge on any atom is 0.275 e. The number of methoxy groups -OCH3 is 1. The lowest BCUT2D eigenvalue weighted by Gasteiger charge is -2.07. The highest BCUT2D eigenvalue weighted by Gasteiger charge is 2.18. The molecule has 110 valence electrons. The largest absolute Gasteiger partial charge is 0.497 e. The van der Waals surface area contributed by atoms with Gasteiger partial charge in [0.1, 0.15) is 17.1 Å². The van der Waals surface area contributed by atoms with Crippen molar-refractivity contribution in [2.45, 2.75) is 13.8 Å². The number of carbonyl (C=O) groups is 2. The van der Waals surface area contributed by atoms with Crippen LogP contribution in [0.2, 0.25) is 0 Å². The Labute approximate surface area is 121 Å². The Morgan fingerprint density at radius 3 is 2.24 bits per heavy atom. The highest BCUT2D eigenvalue weighted by atomic mass is 16.5. The lowest BCUT2D eigenvalue weighted by Crippen LogP contribution is -2.41. The Kier molecular flexibility index (Phi) is 4.22. The van der Waals surface area contributed by atoms with Crippen molar-refractivity contribution in [1.29, 1.82) is 0 Å². The van der Waals surface area contributed by atoms with Crippen molar-refractivity contribution in [2.75, 3.05) is 7.11 Å². The predicted molar refractivity (Wildman–Crippen MR) is 73.9 cm³/mol. The van der Waals surface area contributed by atoms with Gasteiger partial charge in [-0.05, 0) is 38.1 Å². The molecule has 0 aliphatic carbocycles. The summed E-state index contributed by atoms with van der Waals surface area (Å²) in [6, 6.07) is 6.50. The van der Waals surface area contributed by atoms with Crippen LogP contribution in [0.5, 0.6) is 5.75 Å². The minimum atomic E-state index is -0.479. The third-order valence-electron chi connectivity index (χ3n) is 2.90. The summed E-state index contributed by atoms with van der Waals surface area (Å²) in [5, 5.41) is 3.68. The Bertz CT molecular complexity index is 642. The van der Waals surface area contributed by atoms with Gasteiger partial charge in [-0.15, -0.1) is 0 Å². The Balaban J connectivity index is 1.99. The maximum absolute atomic E-state index is 11.9. The van der Waals surface area contributed by atoms with Crippen molar-refractivity contribution < 1.29 is 18.8 Å². The number of ether oxygens (including phenoxy) is 1. The second kappa shape index (κ2) is 6.08. The summed E-state index contributed by atoms with van der Waals surface area (Å²) in [6.07, 6.45) is 0. The standard InChI is InChI=1S/C14H15N3O4/c1-8-12(9(2)21-17-8)14(19)16-15-13(18)10-4-6-11(20-3)7-5-10/h4-7H,1-3H3,(H,15,18)(H,16,19). The van der Waals surface area contributed by atoms with E-state index in [0.29, 0.717) is 28.3 Å². The molecule has 0 fully saturated rings. The third-order valence-corrected chi connectivity index (χ3v) is 2.90. The van der Waals surface area contributed by atoms with Crippen LogP contribution in [0.15, 0.2) is 28.8 Å². The zero-order valence-corrected chi connectivity index (χ0v) is 11.9. The number of amides is 2. The molecule has 21 heavy (non-hydrogen) atoms. The molecule has 0 bridgehead atoms. The summed E-state index contributed by atoms with van der Waals surface area (Å²) >= 11 is 0. The fourth-order valence-corrected chi connectivity index (χ4v) is 1.80. The van der Waals surface area contributed by atoms with Crippen LogP contribution < -0.4 is 15.6 Å². The van der Waals surface area contributed by atoms with Crippen LogP contribution >= 0.6 is 0 Å². The second-order valence-electron chi connectivity index (χ2n) is 4.34. The van der Waals surface area contributed by atoms with Crippen molar-refractivity contribution in [3.05, 3.63) is 46.8 Å². The summed E-state index contributed by atoms with van der Waals surface area (Å²) < 4.78 is 9.90. The molecule has 2 amide bonds. The van der Waals surface area contributed by atoms with E-state index in [4.69, 9.17) is 9.26 Å². The zero-order valence-electron chi connectivity index (χ0n) is 11.9. The fourth-order valence-electron chi connectivity index (χ4n) is 1.80. The van der Waals surface area contributed by atoms with E-state index in [9.17, 15) is 9.59 Å². The molecule has 2 rings (SSSR count). The second-order valence-corrected chi connectivity index (χ2v) is 4.34. The van der Waals surface area contributed by atoms with Crippen molar-refractivity contribution in [1.82, 2.24) is 16.0 Å². The maximum atomic E-state index is 11.9. The average molecular weight is 289 g/mol. The number of benzene rings is 1. The van der Waals surface area contributed by atoms with E-state index in [1.165, 1.54) is 0 Å². The van der Waals surface area contributed by atoms with Crippen LogP contribution in [0.25, 0.3) is 0 Å². The number of hydrogen-bond acceptors (Lipinski definition) is 5. The molecule has 0 aliphatic heterocycles. The normalized spacial score (nSPS) is 10.0. The van der Waals surface area contributed by atoms with E-state index in [2.05, 4.69) is 16.0 Å². The fraction of sp³-hybridized carbons (Fsp3) is 0.214. The van der Waals surface area contributed by atoms with Gasteiger partial charge < -0.3 is 9.26 Å². The van der Waals surface area contributed by atoms with Crippen molar-refractivity contribution in [3.63, 3.8) is 0 Å². The van der Waals surface area contributed by atoms with Gasteiger partial charge in [0.15, 0.2) is 0 Å². The zero-order chi connectivity index (χ0) is 15.4. The van der Waals surface area contributed by atoms with Gasteiger partial charge in [0.2, 0.25) is 0 Å². The van der Waals surface area contributed by atoms with Crippen molar-refractivity contribution in [3.8, 4) is 5.75 Å². The molecular formula is C14H15N3O4. The van der Waals surface area contributed by atoms with Crippen molar-refractivity contribution in [2.24, 2.45) is 0 Å². The number of aryl methyl sites for hydroxylation is 2. The lowest BCUT2D eigenvalue weighted by molar-refractivity contribution is 0.0845. The first-order valence-electron chi connectivity index (χ1n) is 6.20. The van der Waals surface area contributed by atoms with Crippen LogP contribution in [-0.4, -0.2) is 24.1 Å². The molecule has 2 aromatic rings. The first-order chi connectivity index (χ1) is 10.0. The number of nitrogens with zero attached hydrogens (tertiary/aromatic N) is 1. The smallest absolute Gasteiger partial charge is 0.275 e. The van der Waals surface area contributed by atoms with Gasteiger partial charge in [0, 0.05) is 5.56 Å². The lowest BCUT2D eigenvalue weighted by atomic mass is 10.2. The molecule has 2 N–H and O–H groups in total. The first kappa shape index (κ1) is 14.6. The Morgan fingerprint density at radius 1 is 1.10 bits per heavy atom. The molecule has 0 spiro atoms. The summed E-state index contributed by atoms with van der Waals surface area (Å²) in [6.45, 7) is 3.27. The number of rotatable bonds is 3. The molecule has 0 atom stereocenters. The number of hydrazine groups is 1. The molecule has 0 saturated carbocycles. The molecule has 1 heterocycles. The SMILES string of the molecule is COc1ccc(C(=O)NNC(=O)c2c(C)noc2C)cc1. The van der Waals surface area contributed by atoms with E-state index < -0.39 is 11.8 Å². The molecule has 0 radical (unpaired) electrons. The van der Waals surface area contributed by atoms with Crippen molar-refractivity contribution >= 4 is 11.8 Å². The van der Waals surface area contributed by atoms with E-state index in [1.54, 1.807) is 45.2 Å². The van der Waals surface area contributed by atoms with Gasteiger partial charge in [-0.25, -0.2) is 0 Å². The first-order valence-corrected chi connectivity index (χ1v) is 6.20. The molecule has 1 aromatic carbocycles. The van der Waals surface area contributed by atoms with Crippen LogP contribution in [0.4, 0.5) is 0 Å². The number of nitrogens with one attached hydrogen (secondary N) is 2. The van der Waals surface area contributed by atoms with E-state index in [-0.39, 0.29) is 0 Å². The van der Waals surface area contributed by atoms with E-state index in [0.717, 1.165) is 0 Å². The van der Waals surface area contributed by atoms with Crippen LogP contribution in [0, 0.1) is 13.8 Å². The minimum absolute atomic E-state index is 0.310. The van der Waals surface area contributed by atoms with Crippen LogP contribution in [-0.2, 0) is 0 Å². The van der Waals surface area contributed by atoms with Crippen LogP contribution in [0.1, 0.15) is 32.2 Å². The summed E-state index contributed by atoms with van der Waals surface area (Å²) in [5.41, 5.74) is 5.82. The number of carbonyl (C=O) groups excluding carboxylic acids is 2. The highest BCUT2D eigenvalue weighted by Crippen LogP contribution is 2.12. The number of hydrogen-bond donors (Lipinski definition) is 2. The summed E-state index contributed by atoms with van der Waals surface area (Å²) in [5.74, 6) is 0.126. The van der Waals surface area contributed by atoms with Gasteiger partial charge >= 0.3 is 0 Å². The van der Waals surface area contributed by atoms with Gasteiger partial charge in [-0.3, -0.25) is 20.4 Å². The highest BCUT2D eigenvalue weighted by molar-refractivity contribution is 6.00. The van der Waals surface area contributed by atoms with E-state index >= 15 is 0 Å². The predicted octanol–water partition coefficient (Wildman–Crippen LogP) is 1.37. The molecule has 7 heteroatoms. The molecule has 0 unspecified atom stereocenters. The average Bonchev–Trinajstić information content (AvgIpc) is 2.83. The van der Waals surface area contributed by atoms with Gasteiger partial charge in [0.25, 0.3) is 11.8 Å². The third kappa shape index (κ3) is 3.19. The molecule has 1 aromatic heterocycles. The van der Waals surface area contributed by atoms with Gasteiger partial charge in [-0.1, -0.05) is 5.16 Å². The molecule has 0 aliphatic rings. The van der Waals surface area contributed by atoms with E-state index in [1.807, 2.05) is 0 Å². The molecule has 0 saturated heterocycles. The minimum Gasteiger partial charge on any atom is -0.497 e. The topological polar surface area (TPSA) is 93.5 Å². The van der Waals surface area contributed by atoms with Gasteiger partial charge in [-0.2, -0.15) is 0 Å². The monoisotopic (exact) mass is 289 g/mol. The summed E-state index contributed by atoms with van der Waals surface area (Å²) in [7, 11) is 1.54. The number of aromatic nitrogens is 1. The molecular weight excluding hydrogens is 274 g/mol. The quantitative estimate of drug-likeness (QED) is 0.832. The van der Waals surface area contributed by atoms with Crippen LogP contribution in [0.3, 0.4) is 0 Å². The summed E-state index contributed by atoms with van der Waals surface area (Å²) in [4.78, 5) is 23.8. The van der Waals surface area contributed by atoms with Gasteiger partial charge in [0.05, 0.1) is 12.8 Å². The Hall–Kier alpha value is -2.83. The molecule has 7 nitrogen and oxygen atoms in total.